The average Bonchev–Trinajstić information content (AvgIpc) is 2.73. The fraction of sp³-hybridized carbons (Fsp3) is 0.400. The second kappa shape index (κ2) is 8.81. The fourth-order valence-corrected chi connectivity index (χ4v) is 5.90. The highest BCUT2D eigenvalue weighted by atomic mass is 32.2. The van der Waals surface area contributed by atoms with E-state index in [0.29, 0.717) is 12.1 Å². The second-order valence-corrected chi connectivity index (χ2v) is 10.3. The van der Waals surface area contributed by atoms with Crippen LogP contribution in [0, 0.1) is 0 Å². The molecule has 34 heavy (non-hydrogen) atoms. The summed E-state index contributed by atoms with van der Waals surface area (Å²) in [5, 5.41) is 9.53. The number of nitrogen functional groups attached to an aromatic ring is 1. The molecule has 1 fully saturated rings. The Labute approximate surface area is 197 Å². The Hall–Kier alpha value is -2.16. The molecule has 2 aromatic carbocycles. The number of anilines is 2. The van der Waals surface area contributed by atoms with Crippen LogP contribution in [0.4, 0.5) is 37.7 Å². The summed E-state index contributed by atoms with van der Waals surface area (Å²) < 4.78 is 106. The minimum atomic E-state index is -5.98. The molecule has 0 aromatic heterocycles. The molecule has 0 saturated carbocycles. The van der Waals surface area contributed by atoms with E-state index in [1.807, 2.05) is 0 Å². The van der Waals surface area contributed by atoms with Gasteiger partial charge < -0.3 is 15.7 Å². The molecule has 0 radical (unpaired) electrons. The van der Waals surface area contributed by atoms with Crippen molar-refractivity contribution in [3.8, 4) is 0 Å². The van der Waals surface area contributed by atoms with Crippen LogP contribution in [0.25, 0.3) is 0 Å². The van der Waals surface area contributed by atoms with E-state index in [-0.39, 0.29) is 40.8 Å². The molecule has 0 bridgehead atoms. The summed E-state index contributed by atoms with van der Waals surface area (Å²) in [5.74, 6) is 0. The van der Waals surface area contributed by atoms with Crippen LogP contribution in [0.2, 0.25) is 0 Å². The number of hydrogen-bond donors (Lipinski definition) is 3. The standard InChI is InChI=1S/C20H21F6N3O3S2/c1-12-11-28(34(31,32)17-10-14(27)4-7-16(17)33)8-9-29(12)15-5-2-13(3-6-15)18(30,19(21,22)23)20(24,25)26/h2-7,10,12,30,33H,8-9,11,27H2,1H3/t12-/m0/s1. The SMILES string of the molecule is C[C@H]1CN(S(=O)(=O)c2cc(N)ccc2S)CCN1c1ccc(C(O)(C(F)(F)F)C(F)(F)F)cc1. The molecule has 6 nitrogen and oxygen atoms in total. The van der Waals surface area contributed by atoms with Crippen LogP contribution in [-0.2, 0) is 15.6 Å². The third-order valence-corrected chi connectivity index (χ3v) is 8.08. The quantitative estimate of drug-likeness (QED) is 0.319. The Bertz CT molecular complexity index is 1140. The van der Waals surface area contributed by atoms with Crippen molar-refractivity contribution in [3.63, 3.8) is 0 Å². The zero-order valence-corrected chi connectivity index (χ0v) is 19.3. The van der Waals surface area contributed by atoms with Gasteiger partial charge in [-0.15, -0.1) is 12.6 Å². The molecule has 1 aliphatic heterocycles. The zero-order chi connectivity index (χ0) is 25.7. The summed E-state index contributed by atoms with van der Waals surface area (Å²) in [7, 11) is -3.95. The van der Waals surface area contributed by atoms with Gasteiger partial charge in [-0.2, -0.15) is 30.6 Å². The van der Waals surface area contributed by atoms with Crippen molar-refractivity contribution in [2.45, 2.75) is 40.7 Å². The number of piperazine rings is 1. The van der Waals surface area contributed by atoms with Crippen LogP contribution in [0.15, 0.2) is 52.3 Å². The lowest BCUT2D eigenvalue weighted by Crippen LogP contribution is -2.54. The molecule has 1 heterocycles. The van der Waals surface area contributed by atoms with Gasteiger partial charge in [0.05, 0.1) is 4.90 Å². The number of sulfonamides is 1. The van der Waals surface area contributed by atoms with Gasteiger partial charge in [0.25, 0.3) is 5.60 Å². The minimum Gasteiger partial charge on any atom is -0.399 e. The summed E-state index contributed by atoms with van der Waals surface area (Å²) in [6.45, 7) is 1.79. The number of halogens is 6. The highest BCUT2D eigenvalue weighted by Crippen LogP contribution is 2.50. The third kappa shape index (κ3) is 4.55. The smallest absolute Gasteiger partial charge is 0.399 e. The van der Waals surface area contributed by atoms with Crippen LogP contribution in [0.5, 0.6) is 0 Å². The number of alkyl halides is 6. The van der Waals surface area contributed by atoms with Gasteiger partial charge in [-0.05, 0) is 37.3 Å². The van der Waals surface area contributed by atoms with Crippen molar-refractivity contribution in [1.29, 1.82) is 0 Å². The van der Waals surface area contributed by atoms with Crippen molar-refractivity contribution < 1.29 is 39.9 Å². The molecule has 3 rings (SSSR count). The molecule has 2 aromatic rings. The Kier molecular flexibility index (Phi) is 6.85. The number of nitrogens with zero attached hydrogens (tertiary/aromatic N) is 2. The maximum absolute atomic E-state index is 13.1. The minimum absolute atomic E-state index is 0.00113. The molecule has 0 unspecified atom stereocenters. The summed E-state index contributed by atoms with van der Waals surface area (Å²) in [5.41, 5.74) is -0.177. The third-order valence-electron chi connectivity index (χ3n) is 5.63. The Morgan fingerprint density at radius 2 is 1.56 bits per heavy atom. The van der Waals surface area contributed by atoms with Crippen LogP contribution < -0.4 is 10.6 Å². The van der Waals surface area contributed by atoms with E-state index in [4.69, 9.17) is 5.73 Å². The number of rotatable bonds is 4. The van der Waals surface area contributed by atoms with E-state index in [1.54, 1.807) is 11.8 Å². The number of aliphatic hydroxyl groups is 1. The first-order valence-electron chi connectivity index (χ1n) is 9.82. The molecule has 1 saturated heterocycles. The van der Waals surface area contributed by atoms with Crippen molar-refractivity contribution in [2.75, 3.05) is 30.3 Å². The van der Waals surface area contributed by atoms with E-state index >= 15 is 0 Å². The molecule has 3 N–H and O–H groups in total. The van der Waals surface area contributed by atoms with Crippen molar-refractivity contribution in [2.24, 2.45) is 0 Å². The average molecular weight is 530 g/mol. The summed E-state index contributed by atoms with van der Waals surface area (Å²) >= 11 is 4.18. The summed E-state index contributed by atoms with van der Waals surface area (Å²) in [4.78, 5) is 1.79. The number of nitrogens with two attached hydrogens (primary N) is 1. The number of benzene rings is 2. The molecule has 188 valence electrons. The molecule has 1 aliphatic rings. The van der Waals surface area contributed by atoms with Gasteiger partial charge in [0.1, 0.15) is 0 Å². The van der Waals surface area contributed by atoms with Gasteiger partial charge in [0.15, 0.2) is 0 Å². The van der Waals surface area contributed by atoms with Gasteiger partial charge in [-0.3, -0.25) is 0 Å². The lowest BCUT2D eigenvalue weighted by atomic mass is 9.92. The van der Waals surface area contributed by atoms with Crippen LogP contribution in [0.3, 0.4) is 0 Å². The van der Waals surface area contributed by atoms with Crippen molar-refractivity contribution >= 4 is 34.0 Å². The fourth-order valence-electron chi connectivity index (χ4n) is 3.78. The van der Waals surface area contributed by atoms with Crippen LogP contribution in [-0.4, -0.2) is 55.9 Å². The van der Waals surface area contributed by atoms with Gasteiger partial charge >= 0.3 is 12.4 Å². The van der Waals surface area contributed by atoms with E-state index in [2.05, 4.69) is 12.6 Å². The molecular formula is C20H21F6N3O3S2. The highest BCUT2D eigenvalue weighted by molar-refractivity contribution is 7.90. The lowest BCUT2D eigenvalue weighted by Gasteiger charge is -2.41. The van der Waals surface area contributed by atoms with E-state index < -0.39 is 39.6 Å². The van der Waals surface area contributed by atoms with Crippen molar-refractivity contribution in [3.05, 3.63) is 48.0 Å². The maximum atomic E-state index is 13.1. The van der Waals surface area contributed by atoms with Gasteiger partial charge in [0.2, 0.25) is 10.0 Å². The number of hydrogen-bond acceptors (Lipinski definition) is 6. The maximum Gasteiger partial charge on any atom is 0.430 e. The van der Waals surface area contributed by atoms with Gasteiger partial charge in [-0.1, -0.05) is 12.1 Å². The van der Waals surface area contributed by atoms with E-state index in [0.717, 1.165) is 12.1 Å². The summed E-state index contributed by atoms with van der Waals surface area (Å²) in [6, 6.07) is 6.96. The molecule has 14 heteroatoms. The normalized spacial score (nSPS) is 18.9. The van der Waals surface area contributed by atoms with Crippen LogP contribution in [0.1, 0.15) is 12.5 Å². The highest BCUT2D eigenvalue weighted by Gasteiger charge is 2.71. The van der Waals surface area contributed by atoms with Crippen molar-refractivity contribution in [1.82, 2.24) is 4.31 Å². The first kappa shape index (κ1) is 26.4. The molecule has 0 amide bonds. The van der Waals surface area contributed by atoms with Gasteiger partial charge in [0, 0.05) is 47.5 Å². The molecular weight excluding hydrogens is 508 g/mol. The van der Waals surface area contributed by atoms with Gasteiger partial charge in [-0.25, -0.2) is 8.42 Å². The Morgan fingerprint density at radius 3 is 2.06 bits per heavy atom. The Balaban J connectivity index is 1.83. The molecule has 0 spiro atoms. The predicted octanol–water partition coefficient (Wildman–Crippen LogP) is 3.77. The predicted molar refractivity (Wildman–Crippen MR) is 116 cm³/mol. The molecule has 1 atom stereocenters. The monoisotopic (exact) mass is 529 g/mol. The first-order valence-corrected chi connectivity index (χ1v) is 11.7. The zero-order valence-electron chi connectivity index (χ0n) is 17.6. The summed E-state index contributed by atoms with van der Waals surface area (Å²) in [6.07, 6.45) is -12.0. The largest absolute Gasteiger partial charge is 0.430 e. The molecule has 0 aliphatic carbocycles. The number of thiol groups is 1. The lowest BCUT2D eigenvalue weighted by molar-refractivity contribution is -0.376. The van der Waals surface area contributed by atoms with E-state index in [9.17, 15) is 39.9 Å². The second-order valence-electron chi connectivity index (χ2n) is 7.89. The Morgan fingerprint density at radius 1 is 1.00 bits per heavy atom. The first-order chi connectivity index (χ1) is 15.5. The van der Waals surface area contributed by atoms with E-state index in [1.165, 1.54) is 22.5 Å². The van der Waals surface area contributed by atoms with Crippen LogP contribution >= 0.6 is 12.6 Å². The topological polar surface area (TPSA) is 86.9 Å².